The molecule has 7 nitrogen and oxygen atoms in total. The number of aryl methyl sites for hydroxylation is 3. The number of pyridine rings is 1. The number of anilines is 2. The molecule has 1 saturated heterocycles. The van der Waals surface area contributed by atoms with Crippen molar-refractivity contribution < 1.29 is 14.3 Å². The zero-order chi connectivity index (χ0) is 21.8. The third-order valence-electron chi connectivity index (χ3n) is 5.75. The van der Waals surface area contributed by atoms with Gasteiger partial charge in [-0.1, -0.05) is 6.07 Å². The standard InChI is InChI=1S/C23H32N4O3/c1-7-27(21-14-17(3)18(4)24-22(21)30-6)23(28)26-12-10-25(11-13-26)20-15-19(29-5)9-8-16(20)2/h8-9,14-15H,7,10-13H2,1-6H3. The molecule has 0 N–H and O–H groups in total. The van der Waals surface area contributed by atoms with Crippen molar-refractivity contribution in [3.05, 3.63) is 41.1 Å². The van der Waals surface area contributed by atoms with Crippen LogP contribution in [0.4, 0.5) is 16.2 Å². The first-order valence-corrected chi connectivity index (χ1v) is 10.4. The molecule has 30 heavy (non-hydrogen) atoms. The second kappa shape index (κ2) is 9.24. The average molecular weight is 413 g/mol. The van der Waals surface area contributed by atoms with Crippen molar-refractivity contribution in [1.29, 1.82) is 0 Å². The number of amides is 2. The number of rotatable bonds is 5. The summed E-state index contributed by atoms with van der Waals surface area (Å²) in [6.45, 7) is 11.4. The normalized spacial score (nSPS) is 13.9. The van der Waals surface area contributed by atoms with Crippen LogP contribution in [0.25, 0.3) is 0 Å². The number of methoxy groups -OCH3 is 2. The maximum Gasteiger partial charge on any atom is 0.324 e. The minimum absolute atomic E-state index is 0.0112. The van der Waals surface area contributed by atoms with E-state index in [2.05, 4.69) is 28.9 Å². The Morgan fingerprint density at radius 3 is 2.33 bits per heavy atom. The van der Waals surface area contributed by atoms with Crippen LogP contribution in [0.2, 0.25) is 0 Å². The predicted octanol–water partition coefficient (Wildman–Crippen LogP) is 3.79. The van der Waals surface area contributed by atoms with Crippen LogP contribution < -0.4 is 19.3 Å². The molecule has 0 unspecified atom stereocenters. The van der Waals surface area contributed by atoms with Crippen LogP contribution in [0, 0.1) is 20.8 Å². The number of carbonyl (C=O) groups is 1. The molecule has 1 fully saturated rings. The average Bonchev–Trinajstić information content (AvgIpc) is 2.76. The second-order valence-corrected chi connectivity index (χ2v) is 7.57. The Labute approximate surface area is 179 Å². The number of piperazine rings is 1. The summed E-state index contributed by atoms with van der Waals surface area (Å²) < 4.78 is 10.8. The van der Waals surface area contributed by atoms with Crippen molar-refractivity contribution in [2.45, 2.75) is 27.7 Å². The fraction of sp³-hybridized carbons (Fsp3) is 0.478. The minimum Gasteiger partial charge on any atom is -0.497 e. The van der Waals surface area contributed by atoms with Gasteiger partial charge in [-0.25, -0.2) is 9.78 Å². The predicted molar refractivity (Wildman–Crippen MR) is 120 cm³/mol. The summed E-state index contributed by atoms with van der Waals surface area (Å²) in [6, 6.07) is 8.09. The molecule has 0 atom stereocenters. The van der Waals surface area contributed by atoms with Crippen molar-refractivity contribution in [1.82, 2.24) is 9.88 Å². The van der Waals surface area contributed by atoms with Gasteiger partial charge in [0.15, 0.2) is 0 Å². The molecule has 2 heterocycles. The highest BCUT2D eigenvalue weighted by atomic mass is 16.5. The van der Waals surface area contributed by atoms with E-state index in [1.807, 2.05) is 37.8 Å². The van der Waals surface area contributed by atoms with Gasteiger partial charge < -0.3 is 19.3 Å². The van der Waals surface area contributed by atoms with E-state index >= 15 is 0 Å². The molecular weight excluding hydrogens is 380 g/mol. The van der Waals surface area contributed by atoms with E-state index in [9.17, 15) is 4.79 Å². The molecule has 0 aliphatic carbocycles. The van der Waals surface area contributed by atoms with Gasteiger partial charge in [-0.3, -0.25) is 4.90 Å². The molecule has 7 heteroatoms. The first kappa shape index (κ1) is 21.7. The van der Waals surface area contributed by atoms with Crippen molar-refractivity contribution in [2.75, 3.05) is 56.7 Å². The number of benzene rings is 1. The molecule has 0 saturated carbocycles. The molecular formula is C23H32N4O3. The molecule has 3 rings (SSSR count). The van der Waals surface area contributed by atoms with Crippen molar-refractivity contribution >= 4 is 17.4 Å². The smallest absolute Gasteiger partial charge is 0.324 e. The molecule has 1 aromatic carbocycles. The van der Waals surface area contributed by atoms with Crippen LogP contribution in [0.15, 0.2) is 24.3 Å². The van der Waals surface area contributed by atoms with E-state index in [1.54, 1.807) is 19.1 Å². The van der Waals surface area contributed by atoms with E-state index in [0.717, 1.165) is 41.5 Å². The number of hydrogen-bond donors (Lipinski definition) is 0. The number of nitrogens with zero attached hydrogens (tertiary/aromatic N) is 4. The number of ether oxygens (including phenoxy) is 2. The summed E-state index contributed by atoms with van der Waals surface area (Å²) in [5.74, 6) is 1.33. The summed E-state index contributed by atoms with van der Waals surface area (Å²) in [7, 11) is 3.27. The molecule has 162 valence electrons. The number of hydrogen-bond acceptors (Lipinski definition) is 5. The molecule has 2 aromatic rings. The van der Waals surface area contributed by atoms with Crippen molar-refractivity contribution in [3.63, 3.8) is 0 Å². The molecule has 0 spiro atoms. The minimum atomic E-state index is -0.0112. The van der Waals surface area contributed by atoms with Gasteiger partial charge in [-0.05, 0) is 51.0 Å². The van der Waals surface area contributed by atoms with Crippen molar-refractivity contribution in [2.24, 2.45) is 0 Å². The van der Waals surface area contributed by atoms with Crippen LogP contribution in [-0.2, 0) is 0 Å². The Balaban J connectivity index is 1.75. The quantitative estimate of drug-likeness (QED) is 0.748. The summed E-state index contributed by atoms with van der Waals surface area (Å²) in [5, 5.41) is 0. The molecule has 0 radical (unpaired) electrons. The van der Waals surface area contributed by atoms with E-state index in [-0.39, 0.29) is 6.03 Å². The highest BCUT2D eigenvalue weighted by Gasteiger charge is 2.28. The van der Waals surface area contributed by atoms with Crippen LogP contribution in [0.1, 0.15) is 23.7 Å². The molecule has 1 aliphatic heterocycles. The largest absolute Gasteiger partial charge is 0.497 e. The number of urea groups is 1. The Morgan fingerprint density at radius 2 is 1.73 bits per heavy atom. The molecule has 1 aromatic heterocycles. The molecule has 1 aliphatic rings. The van der Waals surface area contributed by atoms with Gasteiger partial charge in [0.1, 0.15) is 11.4 Å². The lowest BCUT2D eigenvalue weighted by Crippen LogP contribution is -2.53. The van der Waals surface area contributed by atoms with Crippen LogP contribution in [0.5, 0.6) is 11.6 Å². The van der Waals surface area contributed by atoms with Gasteiger partial charge in [0.25, 0.3) is 0 Å². The third kappa shape index (κ3) is 4.30. The first-order valence-electron chi connectivity index (χ1n) is 10.4. The lowest BCUT2D eigenvalue weighted by atomic mass is 10.1. The van der Waals surface area contributed by atoms with Gasteiger partial charge in [-0.2, -0.15) is 0 Å². The zero-order valence-electron chi connectivity index (χ0n) is 18.9. The lowest BCUT2D eigenvalue weighted by Gasteiger charge is -2.39. The first-order chi connectivity index (χ1) is 14.4. The summed E-state index contributed by atoms with van der Waals surface area (Å²) in [4.78, 5) is 23.8. The Morgan fingerprint density at radius 1 is 1.03 bits per heavy atom. The fourth-order valence-electron chi connectivity index (χ4n) is 3.79. The van der Waals surface area contributed by atoms with Gasteiger partial charge in [0.2, 0.25) is 5.88 Å². The topological polar surface area (TPSA) is 58.1 Å². The van der Waals surface area contributed by atoms with Crippen LogP contribution in [0.3, 0.4) is 0 Å². The van der Waals surface area contributed by atoms with E-state index in [1.165, 1.54) is 5.56 Å². The lowest BCUT2D eigenvalue weighted by molar-refractivity contribution is 0.201. The third-order valence-corrected chi connectivity index (χ3v) is 5.75. The second-order valence-electron chi connectivity index (χ2n) is 7.57. The molecule has 2 amide bonds. The number of carbonyl (C=O) groups excluding carboxylic acids is 1. The van der Waals surface area contributed by atoms with Gasteiger partial charge in [0, 0.05) is 50.2 Å². The van der Waals surface area contributed by atoms with Gasteiger partial charge >= 0.3 is 6.03 Å². The van der Waals surface area contributed by atoms with E-state index < -0.39 is 0 Å². The summed E-state index contributed by atoms with van der Waals surface area (Å²) in [6.07, 6.45) is 0. The van der Waals surface area contributed by atoms with Gasteiger partial charge in [0.05, 0.1) is 14.2 Å². The van der Waals surface area contributed by atoms with E-state index in [0.29, 0.717) is 25.5 Å². The Bertz CT molecular complexity index is 908. The van der Waals surface area contributed by atoms with Crippen LogP contribution in [-0.4, -0.2) is 62.9 Å². The Kier molecular flexibility index (Phi) is 6.70. The summed E-state index contributed by atoms with van der Waals surface area (Å²) in [5.41, 5.74) is 5.03. The highest BCUT2D eigenvalue weighted by Crippen LogP contribution is 2.30. The maximum absolute atomic E-state index is 13.3. The van der Waals surface area contributed by atoms with Crippen LogP contribution >= 0.6 is 0 Å². The number of aromatic nitrogens is 1. The SMILES string of the molecule is CCN(C(=O)N1CCN(c2cc(OC)ccc2C)CC1)c1cc(C)c(C)nc1OC. The highest BCUT2D eigenvalue weighted by molar-refractivity contribution is 5.93. The molecule has 0 bridgehead atoms. The monoisotopic (exact) mass is 412 g/mol. The Hall–Kier alpha value is -2.96. The summed E-state index contributed by atoms with van der Waals surface area (Å²) >= 11 is 0. The maximum atomic E-state index is 13.3. The zero-order valence-corrected chi connectivity index (χ0v) is 18.9. The van der Waals surface area contributed by atoms with Crippen molar-refractivity contribution in [3.8, 4) is 11.6 Å². The van der Waals surface area contributed by atoms with E-state index in [4.69, 9.17) is 9.47 Å². The van der Waals surface area contributed by atoms with Gasteiger partial charge in [-0.15, -0.1) is 0 Å². The fourth-order valence-corrected chi connectivity index (χ4v) is 3.79.